The van der Waals surface area contributed by atoms with Crippen LogP contribution in [0.25, 0.3) is 78.0 Å². The number of nitrogens with zero attached hydrogens (tertiary/aromatic N) is 4. The summed E-state index contributed by atoms with van der Waals surface area (Å²) in [5.41, 5.74) is 27.1. The second-order valence-corrected chi connectivity index (χ2v) is 17.1. The monoisotopic (exact) mass is 750 g/mol. The van der Waals surface area contributed by atoms with E-state index in [1.165, 1.54) is 122 Å². The number of aryl methyl sites for hydroxylation is 8. The largest absolute Gasteiger partial charge is 0.311 e. The molecule has 0 aliphatic heterocycles. The molecule has 0 N–H and O–H groups in total. The van der Waals surface area contributed by atoms with Gasteiger partial charge in [0.05, 0.1) is 40.3 Å². The van der Waals surface area contributed by atoms with Gasteiger partial charge in [0.2, 0.25) is 0 Å². The first-order valence-corrected chi connectivity index (χ1v) is 20.7. The van der Waals surface area contributed by atoms with Gasteiger partial charge in [-0.05, 0) is 177 Å². The van der Waals surface area contributed by atoms with Crippen molar-refractivity contribution in [2.75, 3.05) is 0 Å². The number of rotatable bonds is 4. The molecule has 11 rings (SSSR count). The van der Waals surface area contributed by atoms with Gasteiger partial charge < -0.3 is 9.13 Å². The minimum Gasteiger partial charge on any atom is -0.311 e. The van der Waals surface area contributed by atoms with E-state index in [0.29, 0.717) is 0 Å². The molecular formula is C54H46N4. The minimum atomic E-state index is 0.980. The quantitative estimate of drug-likeness (QED) is 0.180. The van der Waals surface area contributed by atoms with Crippen LogP contribution in [0.3, 0.4) is 0 Å². The zero-order valence-corrected chi connectivity index (χ0v) is 34.2. The molecule has 0 saturated carbocycles. The maximum absolute atomic E-state index is 4.65. The van der Waals surface area contributed by atoms with E-state index in [2.05, 4.69) is 164 Å². The van der Waals surface area contributed by atoms with Crippen molar-refractivity contribution < 1.29 is 0 Å². The fourth-order valence-corrected chi connectivity index (χ4v) is 10.3. The van der Waals surface area contributed by atoms with Crippen molar-refractivity contribution in [3.63, 3.8) is 0 Å². The van der Waals surface area contributed by atoms with Crippen molar-refractivity contribution in [1.29, 1.82) is 0 Å². The molecule has 0 amide bonds. The van der Waals surface area contributed by atoms with E-state index in [9.17, 15) is 0 Å². The molecule has 0 fully saturated rings. The van der Waals surface area contributed by atoms with E-state index in [-0.39, 0.29) is 0 Å². The Morgan fingerprint density at radius 2 is 1.00 bits per heavy atom. The van der Waals surface area contributed by atoms with Crippen molar-refractivity contribution in [3.05, 3.63) is 177 Å². The van der Waals surface area contributed by atoms with Gasteiger partial charge in [0.15, 0.2) is 0 Å². The summed E-state index contributed by atoms with van der Waals surface area (Å²) in [5, 5.41) is 3.91. The first kappa shape index (κ1) is 34.7. The number of benzene rings is 5. The Morgan fingerprint density at radius 1 is 0.448 bits per heavy atom. The lowest BCUT2D eigenvalue weighted by atomic mass is 9.83. The zero-order chi connectivity index (χ0) is 39.4. The number of allylic oxidation sites excluding steroid dienone is 1. The molecule has 4 heteroatoms. The fourth-order valence-electron chi connectivity index (χ4n) is 10.3. The lowest BCUT2D eigenvalue weighted by Crippen LogP contribution is -2.07. The molecule has 0 saturated heterocycles. The van der Waals surface area contributed by atoms with Gasteiger partial charge in [0.25, 0.3) is 0 Å². The number of aromatic nitrogens is 4. The molecule has 2 aliphatic carbocycles. The van der Waals surface area contributed by atoms with Crippen LogP contribution in [0, 0.1) is 41.5 Å². The molecule has 5 aromatic carbocycles. The molecule has 0 radical (unpaired) electrons. The van der Waals surface area contributed by atoms with Crippen LogP contribution in [0.5, 0.6) is 0 Å². The third-order valence-electron chi connectivity index (χ3n) is 12.9. The van der Waals surface area contributed by atoms with Crippen LogP contribution < -0.4 is 0 Å². The van der Waals surface area contributed by atoms with Crippen LogP contribution in [0.15, 0.2) is 116 Å². The zero-order valence-electron chi connectivity index (χ0n) is 34.2. The van der Waals surface area contributed by atoms with Gasteiger partial charge in [0, 0.05) is 39.8 Å². The van der Waals surface area contributed by atoms with E-state index in [4.69, 9.17) is 0 Å². The molecule has 58 heavy (non-hydrogen) atoms. The molecule has 4 heterocycles. The van der Waals surface area contributed by atoms with E-state index in [1.807, 2.05) is 18.6 Å². The van der Waals surface area contributed by atoms with Gasteiger partial charge in [-0.25, -0.2) is 0 Å². The predicted octanol–water partition coefficient (Wildman–Crippen LogP) is 13.3. The molecule has 9 aromatic rings. The summed E-state index contributed by atoms with van der Waals surface area (Å²) in [7, 11) is 0. The van der Waals surface area contributed by atoms with Gasteiger partial charge >= 0.3 is 0 Å². The number of pyridine rings is 2. The smallest absolute Gasteiger partial charge is 0.0674 e. The highest BCUT2D eigenvalue weighted by molar-refractivity contribution is 6.12. The van der Waals surface area contributed by atoms with Gasteiger partial charge in [-0.15, -0.1) is 0 Å². The SMILES string of the molecule is Cc1cc(C)cc(C2=Cc3c(n(-c4cnccc4C)c4cc5c(cc34)CCc3cc4c6cc(-c7cc(C)cc(C)c7)ccc6n(-c6cnccc6C)c4cc3-5)CC2)c1. The summed E-state index contributed by atoms with van der Waals surface area (Å²) in [6.07, 6.45) is 14.4. The molecule has 0 spiro atoms. The Morgan fingerprint density at radius 3 is 1.62 bits per heavy atom. The lowest BCUT2D eigenvalue weighted by molar-refractivity contribution is 0.889. The van der Waals surface area contributed by atoms with Gasteiger partial charge in [0.1, 0.15) is 0 Å². The van der Waals surface area contributed by atoms with Crippen LogP contribution in [0.1, 0.15) is 67.7 Å². The average Bonchev–Trinajstić information content (AvgIpc) is 3.69. The van der Waals surface area contributed by atoms with Crippen LogP contribution in [0.4, 0.5) is 0 Å². The molecule has 0 atom stereocenters. The Labute approximate surface area is 340 Å². The van der Waals surface area contributed by atoms with Crippen molar-refractivity contribution in [3.8, 4) is 33.6 Å². The summed E-state index contributed by atoms with van der Waals surface area (Å²) >= 11 is 0. The number of fused-ring (bicyclic) bond motifs is 9. The van der Waals surface area contributed by atoms with Gasteiger partial charge in [-0.2, -0.15) is 0 Å². The highest BCUT2D eigenvalue weighted by atomic mass is 15.0. The molecule has 0 unspecified atom stereocenters. The minimum absolute atomic E-state index is 0.980. The maximum Gasteiger partial charge on any atom is 0.0674 e. The van der Waals surface area contributed by atoms with Gasteiger partial charge in [-0.3, -0.25) is 9.97 Å². The van der Waals surface area contributed by atoms with Crippen molar-refractivity contribution in [1.82, 2.24) is 19.1 Å². The second kappa shape index (κ2) is 13.0. The third-order valence-corrected chi connectivity index (χ3v) is 12.9. The average molecular weight is 751 g/mol. The first-order valence-electron chi connectivity index (χ1n) is 20.7. The molecule has 4 aromatic heterocycles. The molecule has 282 valence electrons. The molecule has 0 bridgehead atoms. The Hall–Kier alpha value is -6.52. The lowest BCUT2D eigenvalue weighted by Gasteiger charge is -2.22. The summed E-state index contributed by atoms with van der Waals surface area (Å²) in [6, 6.07) is 35.1. The Kier molecular flexibility index (Phi) is 7.78. The van der Waals surface area contributed by atoms with E-state index in [0.717, 1.165) is 37.1 Å². The Balaban J connectivity index is 1.16. The third kappa shape index (κ3) is 5.42. The molecular weight excluding hydrogens is 705 g/mol. The highest BCUT2D eigenvalue weighted by Gasteiger charge is 2.27. The van der Waals surface area contributed by atoms with Gasteiger partial charge in [-0.1, -0.05) is 64.7 Å². The normalized spacial score (nSPS) is 13.5. The van der Waals surface area contributed by atoms with Crippen LogP contribution in [0.2, 0.25) is 0 Å². The highest BCUT2D eigenvalue weighted by Crippen LogP contribution is 2.46. The van der Waals surface area contributed by atoms with Crippen molar-refractivity contribution in [2.24, 2.45) is 0 Å². The van der Waals surface area contributed by atoms with E-state index < -0.39 is 0 Å². The Bertz CT molecular complexity index is 3200. The van der Waals surface area contributed by atoms with Crippen molar-refractivity contribution in [2.45, 2.75) is 67.2 Å². The van der Waals surface area contributed by atoms with E-state index in [1.54, 1.807) is 0 Å². The molecule has 4 nitrogen and oxygen atoms in total. The fraction of sp³-hybridized carbons (Fsp3) is 0.185. The van der Waals surface area contributed by atoms with Crippen LogP contribution in [-0.4, -0.2) is 19.1 Å². The van der Waals surface area contributed by atoms with Crippen LogP contribution >= 0.6 is 0 Å². The maximum atomic E-state index is 4.65. The first-order chi connectivity index (χ1) is 28.2. The van der Waals surface area contributed by atoms with Crippen LogP contribution in [-0.2, 0) is 19.3 Å². The predicted molar refractivity (Wildman–Crippen MR) is 243 cm³/mol. The standard InChI is InChI=1S/C54H46N4/c1-31-17-32(2)20-41(19-31)37-9-11-49-45(23-37)47-25-39-7-8-40-26-48-46-24-38(42-21-33(3)18-34(4)22-42)10-12-50(46)58(54-30-56-16-14-36(54)6)52(48)28-44(40)43(39)27-51(47)57(49)53-29-55-15-13-35(53)5/h9,11,13-30H,7-8,10,12H2,1-6H3. The number of hydrogen-bond acceptors (Lipinski definition) is 2. The second-order valence-electron chi connectivity index (χ2n) is 17.1. The summed E-state index contributed by atoms with van der Waals surface area (Å²) < 4.78 is 4.98. The molecule has 2 aliphatic rings. The topological polar surface area (TPSA) is 35.6 Å². The summed E-state index contributed by atoms with van der Waals surface area (Å²) in [6.45, 7) is 13.2. The van der Waals surface area contributed by atoms with Crippen molar-refractivity contribution >= 4 is 44.4 Å². The summed E-state index contributed by atoms with van der Waals surface area (Å²) in [5.74, 6) is 0. The van der Waals surface area contributed by atoms with E-state index >= 15 is 0 Å². The summed E-state index contributed by atoms with van der Waals surface area (Å²) in [4.78, 5) is 9.29. The number of hydrogen-bond donors (Lipinski definition) is 0.